The average Bonchev–Trinajstić information content (AvgIpc) is 2.90. The van der Waals surface area contributed by atoms with Crippen molar-refractivity contribution in [2.45, 2.75) is 6.18 Å². The summed E-state index contributed by atoms with van der Waals surface area (Å²) in [7, 11) is 2.84. The second-order valence-corrected chi connectivity index (χ2v) is 8.63. The maximum absolute atomic E-state index is 13.0. The van der Waals surface area contributed by atoms with E-state index in [4.69, 9.17) is 14.2 Å². The largest absolute Gasteiger partial charge is 0.495 e. The molecule has 3 aromatic carbocycles. The molecule has 2 amide bonds. The van der Waals surface area contributed by atoms with E-state index in [2.05, 4.69) is 26.6 Å². The molecule has 3 rings (SSSR count). The predicted octanol–water partition coefficient (Wildman–Crippen LogP) is 6.05. The van der Waals surface area contributed by atoms with Gasteiger partial charge in [0, 0.05) is 5.69 Å². The molecule has 3 aromatic rings. The Labute approximate surface area is 230 Å². The zero-order valence-electron chi connectivity index (χ0n) is 20.6. The van der Waals surface area contributed by atoms with Crippen LogP contribution in [0.3, 0.4) is 0 Å². The molecule has 0 bridgehead atoms. The highest BCUT2D eigenvalue weighted by molar-refractivity contribution is 9.10. The van der Waals surface area contributed by atoms with Gasteiger partial charge in [-0.15, -0.1) is 0 Å². The van der Waals surface area contributed by atoms with E-state index in [1.54, 1.807) is 30.3 Å². The number of alkyl halides is 3. The molecule has 0 radical (unpaired) electrons. The maximum Gasteiger partial charge on any atom is 0.416 e. The highest BCUT2D eigenvalue weighted by Crippen LogP contribution is 2.37. The second kappa shape index (κ2) is 12.8. The van der Waals surface area contributed by atoms with Gasteiger partial charge in [0.25, 0.3) is 11.8 Å². The molecule has 39 heavy (non-hydrogen) atoms. The van der Waals surface area contributed by atoms with Crippen molar-refractivity contribution in [1.29, 1.82) is 5.26 Å². The standard InChI is InChI=1S/C27H21BrF3N3O5/c1-37-22-9-4-3-8-21(22)34-24(35)15-39-25-20(28)11-16(12-23(25)38-2)10-17(14-32)26(36)33-19-7-5-6-18(13-19)27(29,30)31/h3-13H,15H2,1-2H3,(H,33,36)(H,34,35)/b17-10+. The Morgan fingerprint density at radius 1 is 1.00 bits per heavy atom. The number of amides is 2. The summed E-state index contributed by atoms with van der Waals surface area (Å²) < 4.78 is 55.4. The summed E-state index contributed by atoms with van der Waals surface area (Å²) in [5, 5.41) is 14.5. The quantitative estimate of drug-likeness (QED) is 0.228. The number of halogens is 4. The van der Waals surface area contributed by atoms with E-state index < -0.39 is 23.6 Å². The number of hydrogen-bond acceptors (Lipinski definition) is 6. The third-order valence-electron chi connectivity index (χ3n) is 5.10. The van der Waals surface area contributed by atoms with Gasteiger partial charge in [-0.25, -0.2) is 0 Å². The Morgan fingerprint density at radius 3 is 2.38 bits per heavy atom. The maximum atomic E-state index is 13.0. The molecule has 0 aliphatic rings. The van der Waals surface area contributed by atoms with Gasteiger partial charge in [0.2, 0.25) is 0 Å². The molecule has 0 aliphatic heterocycles. The van der Waals surface area contributed by atoms with Gasteiger partial charge in [0.1, 0.15) is 17.4 Å². The Bertz CT molecular complexity index is 1450. The zero-order chi connectivity index (χ0) is 28.6. The van der Waals surface area contributed by atoms with Crippen molar-refractivity contribution in [2.75, 3.05) is 31.5 Å². The summed E-state index contributed by atoms with van der Waals surface area (Å²) >= 11 is 3.33. The van der Waals surface area contributed by atoms with Crippen molar-refractivity contribution >= 4 is 45.2 Å². The summed E-state index contributed by atoms with van der Waals surface area (Å²) in [5.41, 5.74) is -0.618. The first kappa shape index (κ1) is 29.1. The van der Waals surface area contributed by atoms with E-state index in [1.807, 2.05) is 0 Å². The van der Waals surface area contributed by atoms with Crippen molar-refractivity contribution < 1.29 is 37.0 Å². The Hall–Kier alpha value is -4.50. The van der Waals surface area contributed by atoms with Gasteiger partial charge in [-0.1, -0.05) is 18.2 Å². The average molecular weight is 604 g/mol. The first-order valence-corrected chi connectivity index (χ1v) is 11.9. The fourth-order valence-electron chi connectivity index (χ4n) is 3.32. The van der Waals surface area contributed by atoms with E-state index in [0.29, 0.717) is 21.5 Å². The minimum absolute atomic E-state index is 0.120. The SMILES string of the molecule is COc1ccccc1NC(=O)COc1c(Br)cc(/C=C(\C#N)C(=O)Nc2cccc(C(F)(F)F)c2)cc1OC. The lowest BCUT2D eigenvalue weighted by Crippen LogP contribution is -2.20. The predicted molar refractivity (Wildman–Crippen MR) is 141 cm³/mol. The number of carbonyl (C=O) groups excluding carboxylic acids is 2. The topological polar surface area (TPSA) is 110 Å². The second-order valence-electron chi connectivity index (χ2n) is 7.77. The number of para-hydroxylation sites is 2. The Balaban J connectivity index is 1.75. The molecule has 0 spiro atoms. The third kappa shape index (κ3) is 7.75. The van der Waals surface area contributed by atoms with E-state index in [1.165, 1.54) is 38.5 Å². The summed E-state index contributed by atoms with van der Waals surface area (Å²) in [5.74, 6) is -0.505. The van der Waals surface area contributed by atoms with Crippen LogP contribution in [0.5, 0.6) is 17.2 Å². The highest BCUT2D eigenvalue weighted by atomic mass is 79.9. The molecule has 0 saturated carbocycles. The lowest BCUT2D eigenvalue weighted by Gasteiger charge is -2.14. The molecule has 2 N–H and O–H groups in total. The summed E-state index contributed by atoms with van der Waals surface area (Å²) in [4.78, 5) is 25.0. The smallest absolute Gasteiger partial charge is 0.416 e. The van der Waals surface area contributed by atoms with Crippen molar-refractivity contribution in [3.63, 3.8) is 0 Å². The Kier molecular flexibility index (Phi) is 9.57. The fourth-order valence-corrected chi connectivity index (χ4v) is 3.90. The number of hydrogen-bond donors (Lipinski definition) is 2. The molecule has 12 heteroatoms. The monoisotopic (exact) mass is 603 g/mol. The molecule has 0 unspecified atom stereocenters. The van der Waals surface area contributed by atoms with E-state index in [0.717, 1.165) is 18.2 Å². The molecule has 0 fully saturated rings. The molecule has 8 nitrogen and oxygen atoms in total. The van der Waals surface area contributed by atoms with Crippen molar-refractivity contribution in [3.05, 3.63) is 81.8 Å². The minimum Gasteiger partial charge on any atom is -0.495 e. The number of rotatable bonds is 9. The number of nitrogens with one attached hydrogen (secondary N) is 2. The first-order chi connectivity index (χ1) is 18.5. The molecular formula is C27H21BrF3N3O5. The highest BCUT2D eigenvalue weighted by Gasteiger charge is 2.30. The van der Waals surface area contributed by atoms with Crippen LogP contribution in [0.25, 0.3) is 6.08 Å². The Morgan fingerprint density at radius 2 is 1.72 bits per heavy atom. The van der Waals surface area contributed by atoms with Crippen molar-refractivity contribution in [3.8, 4) is 23.3 Å². The van der Waals surface area contributed by atoms with Gasteiger partial charge in [-0.3, -0.25) is 9.59 Å². The molecule has 0 saturated heterocycles. The van der Waals surface area contributed by atoms with Crippen LogP contribution in [-0.2, 0) is 15.8 Å². The minimum atomic E-state index is -4.59. The summed E-state index contributed by atoms with van der Waals surface area (Å²) in [6.45, 7) is -0.370. The lowest BCUT2D eigenvalue weighted by atomic mass is 10.1. The van der Waals surface area contributed by atoms with Crippen LogP contribution in [0.15, 0.2) is 70.7 Å². The van der Waals surface area contributed by atoms with Crippen LogP contribution in [0.4, 0.5) is 24.5 Å². The number of nitrogens with zero attached hydrogens (tertiary/aromatic N) is 1. The number of anilines is 2. The van der Waals surface area contributed by atoms with E-state index in [-0.39, 0.29) is 29.4 Å². The van der Waals surface area contributed by atoms with E-state index >= 15 is 0 Å². The molecule has 0 heterocycles. The van der Waals surface area contributed by atoms with Crippen LogP contribution >= 0.6 is 15.9 Å². The van der Waals surface area contributed by atoms with Crippen molar-refractivity contribution in [1.82, 2.24) is 0 Å². The zero-order valence-corrected chi connectivity index (χ0v) is 22.1. The van der Waals surface area contributed by atoms with Gasteiger partial charge in [0.05, 0.1) is 29.9 Å². The first-order valence-electron chi connectivity index (χ1n) is 11.1. The van der Waals surface area contributed by atoms with Crippen LogP contribution in [-0.4, -0.2) is 32.6 Å². The normalized spacial score (nSPS) is 11.3. The molecule has 0 aliphatic carbocycles. The fraction of sp³-hybridized carbons (Fsp3) is 0.148. The molecular weight excluding hydrogens is 583 g/mol. The number of methoxy groups -OCH3 is 2. The van der Waals surface area contributed by atoms with Crippen LogP contribution in [0.2, 0.25) is 0 Å². The molecule has 0 atom stereocenters. The lowest BCUT2D eigenvalue weighted by molar-refractivity contribution is -0.137. The van der Waals surface area contributed by atoms with Crippen LogP contribution < -0.4 is 24.8 Å². The van der Waals surface area contributed by atoms with Gasteiger partial charge in [0.15, 0.2) is 18.1 Å². The van der Waals surface area contributed by atoms with Crippen molar-refractivity contribution in [2.24, 2.45) is 0 Å². The molecule has 0 aromatic heterocycles. The van der Waals surface area contributed by atoms with Crippen LogP contribution in [0.1, 0.15) is 11.1 Å². The van der Waals surface area contributed by atoms with Gasteiger partial charge < -0.3 is 24.8 Å². The molecule has 202 valence electrons. The van der Waals surface area contributed by atoms with E-state index in [9.17, 15) is 28.0 Å². The number of carbonyl (C=O) groups is 2. The van der Waals surface area contributed by atoms with Gasteiger partial charge >= 0.3 is 6.18 Å². The summed E-state index contributed by atoms with van der Waals surface area (Å²) in [6, 6.07) is 15.6. The van der Waals surface area contributed by atoms with Crippen LogP contribution in [0, 0.1) is 11.3 Å². The van der Waals surface area contributed by atoms with Gasteiger partial charge in [-0.2, -0.15) is 18.4 Å². The summed E-state index contributed by atoms with van der Waals surface area (Å²) in [6.07, 6.45) is -3.36. The van der Waals surface area contributed by atoms with Gasteiger partial charge in [-0.05, 0) is 70.0 Å². The number of nitriles is 1. The number of ether oxygens (including phenoxy) is 3. The number of benzene rings is 3. The third-order valence-corrected chi connectivity index (χ3v) is 5.69.